The molecule has 264 valence electrons. The molecule has 2 atom stereocenters. The summed E-state index contributed by atoms with van der Waals surface area (Å²) in [6, 6.07) is 20.1. The molecule has 0 aliphatic carbocycles. The highest BCUT2D eigenvalue weighted by Gasteiger charge is 2.28. The van der Waals surface area contributed by atoms with E-state index in [2.05, 4.69) is 45.6 Å². The Morgan fingerprint density at radius 2 is 1.77 bits per heavy atom. The minimum absolute atomic E-state index is 0.0260. The van der Waals surface area contributed by atoms with Gasteiger partial charge in [-0.1, -0.05) is 24.3 Å². The Balaban J connectivity index is 1.18. The van der Waals surface area contributed by atoms with E-state index < -0.39 is 5.97 Å². The van der Waals surface area contributed by atoms with Crippen molar-refractivity contribution in [1.82, 2.24) is 30.2 Å². The van der Waals surface area contributed by atoms with Crippen molar-refractivity contribution in [3.05, 3.63) is 94.4 Å². The van der Waals surface area contributed by atoms with Gasteiger partial charge in [0, 0.05) is 43.1 Å². The minimum atomic E-state index is -0.771. The maximum atomic E-state index is 11.5. The molecular weight excluding hydrogens is 656 g/mol. The predicted molar refractivity (Wildman–Crippen MR) is 199 cm³/mol. The van der Waals surface area contributed by atoms with Crippen LogP contribution in [0.3, 0.4) is 0 Å². The van der Waals surface area contributed by atoms with Crippen molar-refractivity contribution in [1.29, 1.82) is 5.26 Å². The number of rotatable bonds is 11. The van der Waals surface area contributed by atoms with Crippen molar-refractivity contribution in [2.24, 2.45) is 5.92 Å². The number of carboxylic acid groups (broad SMARTS) is 1. The number of hydrogen-bond donors (Lipinski definition) is 4. The topological polar surface area (TPSA) is 173 Å². The summed E-state index contributed by atoms with van der Waals surface area (Å²) in [4.78, 5) is 32.5. The van der Waals surface area contributed by atoms with Crippen LogP contribution in [0, 0.1) is 38.0 Å². The molecule has 3 aromatic heterocycles. The lowest BCUT2D eigenvalue weighted by molar-refractivity contribution is -0.141. The van der Waals surface area contributed by atoms with Crippen molar-refractivity contribution in [3.63, 3.8) is 0 Å². The fourth-order valence-electron chi connectivity index (χ4n) is 6.88. The molecule has 1 aliphatic rings. The maximum absolute atomic E-state index is 11.5. The SMILES string of the molecule is Cc1nc(Nc2cccc(-c3cccc(-c4nc5cc(CN6CC[C@@H](C(=O)O)C6)cc(C#N)c5o4)c3C)c2C)c2ncc(CN[C@@H](C)CO)cc2n1. The first-order chi connectivity index (χ1) is 25.1. The number of benzene rings is 3. The zero-order chi connectivity index (χ0) is 36.5. The highest BCUT2D eigenvalue weighted by molar-refractivity contribution is 5.89. The molecule has 4 heterocycles. The first-order valence-electron chi connectivity index (χ1n) is 17.3. The summed E-state index contributed by atoms with van der Waals surface area (Å²) in [7, 11) is 0. The summed E-state index contributed by atoms with van der Waals surface area (Å²) in [5.41, 5.74) is 10.4. The largest absolute Gasteiger partial charge is 0.481 e. The van der Waals surface area contributed by atoms with Crippen LogP contribution < -0.4 is 10.6 Å². The number of nitrogens with one attached hydrogen (secondary N) is 2. The van der Waals surface area contributed by atoms with Gasteiger partial charge in [-0.25, -0.2) is 15.0 Å². The number of pyridine rings is 1. The van der Waals surface area contributed by atoms with Crippen LogP contribution in [0.25, 0.3) is 44.7 Å². The van der Waals surface area contributed by atoms with E-state index in [1.165, 1.54) is 0 Å². The summed E-state index contributed by atoms with van der Waals surface area (Å²) < 4.78 is 6.27. The molecule has 3 aromatic carbocycles. The van der Waals surface area contributed by atoms with Crippen LogP contribution in [0.4, 0.5) is 11.5 Å². The molecule has 0 unspecified atom stereocenters. The lowest BCUT2D eigenvalue weighted by Crippen LogP contribution is -2.28. The third-order valence-corrected chi connectivity index (χ3v) is 9.77. The van der Waals surface area contributed by atoms with Crippen molar-refractivity contribution in [3.8, 4) is 28.7 Å². The van der Waals surface area contributed by atoms with Gasteiger partial charge in [-0.2, -0.15) is 5.26 Å². The summed E-state index contributed by atoms with van der Waals surface area (Å²) in [5.74, 6) is 0.521. The van der Waals surface area contributed by atoms with E-state index >= 15 is 0 Å². The summed E-state index contributed by atoms with van der Waals surface area (Å²) in [6.45, 7) is 10.2. The zero-order valence-corrected chi connectivity index (χ0v) is 29.6. The quantitative estimate of drug-likeness (QED) is 0.117. The third-order valence-electron chi connectivity index (χ3n) is 9.77. The fraction of sp³-hybridized carbons (Fsp3) is 0.300. The third kappa shape index (κ3) is 6.94. The first kappa shape index (κ1) is 34.7. The molecule has 0 spiro atoms. The van der Waals surface area contributed by atoms with Gasteiger partial charge in [-0.15, -0.1) is 0 Å². The Hall–Kier alpha value is -5.74. The second kappa shape index (κ2) is 14.5. The molecule has 0 amide bonds. The van der Waals surface area contributed by atoms with Gasteiger partial charge in [0.15, 0.2) is 11.4 Å². The number of aryl methyl sites for hydroxylation is 1. The second-order valence-electron chi connectivity index (χ2n) is 13.6. The van der Waals surface area contributed by atoms with Crippen molar-refractivity contribution < 1.29 is 19.4 Å². The number of carbonyl (C=O) groups is 1. The van der Waals surface area contributed by atoms with E-state index in [0.29, 0.717) is 72.3 Å². The molecule has 6 aromatic rings. The number of aliphatic carboxylic acids is 1. The minimum Gasteiger partial charge on any atom is -0.481 e. The average molecular weight is 697 g/mol. The number of anilines is 2. The highest BCUT2D eigenvalue weighted by Crippen LogP contribution is 2.38. The van der Waals surface area contributed by atoms with Gasteiger partial charge < -0.3 is 25.3 Å². The maximum Gasteiger partial charge on any atom is 0.307 e. The van der Waals surface area contributed by atoms with Gasteiger partial charge in [-0.05, 0) is 104 Å². The number of fused-ring (bicyclic) bond motifs is 2. The summed E-state index contributed by atoms with van der Waals surface area (Å²) in [6.07, 6.45) is 2.42. The van der Waals surface area contributed by atoms with E-state index in [1.807, 2.05) is 63.2 Å². The van der Waals surface area contributed by atoms with Crippen molar-refractivity contribution in [2.75, 3.05) is 25.0 Å². The number of aliphatic hydroxyl groups excluding tert-OH is 1. The molecule has 12 heteroatoms. The van der Waals surface area contributed by atoms with Crippen LogP contribution in [0.1, 0.15) is 47.0 Å². The van der Waals surface area contributed by atoms with Crippen LogP contribution in [0.15, 0.2) is 65.2 Å². The number of nitrogens with zero attached hydrogens (tertiary/aromatic N) is 6. The molecule has 52 heavy (non-hydrogen) atoms. The molecule has 12 nitrogen and oxygen atoms in total. The predicted octanol–water partition coefficient (Wildman–Crippen LogP) is 6.42. The average Bonchev–Trinajstić information content (AvgIpc) is 3.79. The lowest BCUT2D eigenvalue weighted by Gasteiger charge is -2.17. The van der Waals surface area contributed by atoms with Gasteiger partial charge in [-0.3, -0.25) is 14.7 Å². The van der Waals surface area contributed by atoms with Gasteiger partial charge in [0.1, 0.15) is 22.9 Å². The fourth-order valence-corrected chi connectivity index (χ4v) is 6.88. The molecule has 0 bridgehead atoms. The van der Waals surface area contributed by atoms with Crippen molar-refractivity contribution in [2.45, 2.75) is 53.2 Å². The van der Waals surface area contributed by atoms with Gasteiger partial charge in [0.2, 0.25) is 5.89 Å². The number of nitriles is 1. The van der Waals surface area contributed by atoms with Crippen LogP contribution in [-0.4, -0.2) is 66.8 Å². The van der Waals surface area contributed by atoms with Crippen molar-refractivity contribution >= 4 is 39.6 Å². The van der Waals surface area contributed by atoms with Crippen LogP contribution in [0.5, 0.6) is 0 Å². The van der Waals surface area contributed by atoms with Crippen LogP contribution >= 0.6 is 0 Å². The Kier molecular flexibility index (Phi) is 9.66. The van der Waals surface area contributed by atoms with E-state index in [9.17, 15) is 20.3 Å². The number of aromatic nitrogens is 4. The number of oxazole rings is 1. The molecule has 1 aliphatic heterocycles. The van der Waals surface area contributed by atoms with Gasteiger partial charge in [0.25, 0.3) is 0 Å². The zero-order valence-electron chi connectivity index (χ0n) is 29.6. The van der Waals surface area contributed by atoms with Crippen LogP contribution in [-0.2, 0) is 17.9 Å². The monoisotopic (exact) mass is 696 g/mol. The Bertz CT molecular complexity index is 2360. The Morgan fingerprint density at radius 3 is 2.52 bits per heavy atom. The van der Waals surface area contributed by atoms with E-state index in [1.54, 1.807) is 6.20 Å². The second-order valence-corrected chi connectivity index (χ2v) is 13.6. The van der Waals surface area contributed by atoms with E-state index in [0.717, 1.165) is 50.1 Å². The number of aliphatic hydroxyl groups is 1. The molecule has 0 saturated carbocycles. The number of likely N-dealkylation sites (tertiary alicyclic amines) is 1. The normalized spacial score (nSPS) is 15.3. The molecule has 0 radical (unpaired) electrons. The van der Waals surface area contributed by atoms with Gasteiger partial charge in [0.05, 0.1) is 23.6 Å². The van der Waals surface area contributed by atoms with Gasteiger partial charge >= 0.3 is 5.97 Å². The smallest absolute Gasteiger partial charge is 0.307 e. The molecule has 1 saturated heterocycles. The molecule has 7 rings (SSSR count). The molecular formula is C40H40N8O4. The van der Waals surface area contributed by atoms with E-state index in [4.69, 9.17) is 19.4 Å². The molecule has 1 fully saturated rings. The Labute approximate surface area is 301 Å². The first-order valence-corrected chi connectivity index (χ1v) is 17.3. The van der Waals surface area contributed by atoms with Crippen LogP contribution in [0.2, 0.25) is 0 Å². The van der Waals surface area contributed by atoms with E-state index in [-0.39, 0.29) is 18.6 Å². The standard InChI is InChI=1S/C40H40N8O4/c1-22(21-49)42-17-27-15-34-36(43-18-27)38(45-25(4)44-34)46-33-10-6-8-31(24(33)3)30-7-5-9-32(23(30)2)39-47-35-14-26(13-29(16-41)37(35)52-39)19-48-12-11-28(20-48)40(50)51/h5-10,13-15,18,22,28,42,49H,11-12,17,19-21H2,1-4H3,(H,50,51)(H,44,45,46)/t22-,28+/m0/s1. The lowest BCUT2D eigenvalue weighted by atomic mass is 9.93. The highest BCUT2D eigenvalue weighted by atomic mass is 16.4. The number of carboxylic acids is 1. The Morgan fingerprint density at radius 1 is 1.02 bits per heavy atom. The number of hydrogen-bond acceptors (Lipinski definition) is 11. The summed E-state index contributed by atoms with van der Waals surface area (Å²) in [5, 5.41) is 35.6. The summed E-state index contributed by atoms with van der Waals surface area (Å²) >= 11 is 0. The molecule has 4 N–H and O–H groups in total.